The van der Waals surface area contributed by atoms with Gasteiger partial charge in [-0.2, -0.15) is 4.98 Å². The zero-order chi connectivity index (χ0) is 15.9. The first kappa shape index (κ1) is 15.6. The number of carbonyl (C=O) groups is 1. The first-order chi connectivity index (χ1) is 10.6. The summed E-state index contributed by atoms with van der Waals surface area (Å²) in [5, 5.41) is 2.72. The average molecular weight is 297 g/mol. The van der Waals surface area contributed by atoms with Crippen molar-refractivity contribution in [3.63, 3.8) is 0 Å². The summed E-state index contributed by atoms with van der Waals surface area (Å²) in [4.78, 5) is 16.4. The van der Waals surface area contributed by atoms with E-state index in [4.69, 9.17) is 4.74 Å². The molecule has 0 bridgehead atoms. The van der Waals surface area contributed by atoms with Crippen LogP contribution in [-0.2, 0) is 0 Å². The number of hydrogen-bond acceptors (Lipinski definition) is 3. The Bertz CT molecular complexity index is 694. The number of carbonyl (C=O) groups excluding carboxylic acids is 1. The lowest BCUT2D eigenvalue weighted by atomic mass is 10.2. The van der Waals surface area contributed by atoms with Gasteiger partial charge in [0.2, 0.25) is 0 Å². The van der Waals surface area contributed by atoms with Gasteiger partial charge in [-0.25, -0.2) is 9.36 Å². The number of nitrogens with one attached hydrogen (secondary N) is 1. The summed E-state index contributed by atoms with van der Waals surface area (Å²) in [6, 6.07) is 9.14. The van der Waals surface area contributed by atoms with Gasteiger partial charge in [0.1, 0.15) is 5.75 Å². The van der Waals surface area contributed by atoms with E-state index in [2.05, 4.69) is 22.1 Å². The van der Waals surface area contributed by atoms with Crippen LogP contribution in [0.3, 0.4) is 0 Å². The van der Waals surface area contributed by atoms with Crippen molar-refractivity contribution < 1.29 is 9.53 Å². The minimum Gasteiger partial charge on any atom is -0.425 e. The van der Waals surface area contributed by atoms with Crippen LogP contribution in [0.5, 0.6) is 11.8 Å². The first-order valence-electron chi connectivity index (χ1n) is 7.11. The Morgan fingerprint density at radius 2 is 2.09 bits per heavy atom. The zero-order valence-corrected chi connectivity index (χ0v) is 13.0. The maximum absolute atomic E-state index is 12.2. The Labute approximate surface area is 130 Å². The van der Waals surface area contributed by atoms with Gasteiger partial charge < -0.3 is 10.1 Å². The number of rotatable bonds is 3. The third-order valence-electron chi connectivity index (χ3n) is 2.68. The molecule has 0 aliphatic carbocycles. The van der Waals surface area contributed by atoms with E-state index >= 15 is 0 Å². The molecule has 5 heteroatoms. The average Bonchev–Trinajstić information content (AvgIpc) is 2.85. The molecule has 2 rings (SSSR count). The van der Waals surface area contributed by atoms with E-state index in [1.165, 1.54) is 4.57 Å². The van der Waals surface area contributed by atoms with Crippen molar-refractivity contribution in [2.24, 2.45) is 5.92 Å². The lowest BCUT2D eigenvalue weighted by molar-refractivity contribution is 0.240. The summed E-state index contributed by atoms with van der Waals surface area (Å²) in [5.74, 6) is 6.80. The highest BCUT2D eigenvalue weighted by molar-refractivity contribution is 5.78. The number of ether oxygens (including phenoxy) is 1. The number of nitrogens with zero attached hydrogens (tertiary/aromatic N) is 2. The molecule has 0 spiro atoms. The normalized spacial score (nSPS) is 10.0. The Kier molecular flexibility index (Phi) is 5.21. The van der Waals surface area contributed by atoms with Crippen molar-refractivity contribution in [3.05, 3.63) is 42.2 Å². The molecular formula is C17H19N3O2. The van der Waals surface area contributed by atoms with Crippen LogP contribution < -0.4 is 10.1 Å². The highest BCUT2D eigenvalue weighted by Gasteiger charge is 2.14. The van der Waals surface area contributed by atoms with Gasteiger partial charge >= 0.3 is 12.0 Å². The van der Waals surface area contributed by atoms with Crippen LogP contribution in [0.4, 0.5) is 4.79 Å². The van der Waals surface area contributed by atoms with Crippen molar-refractivity contribution in [2.75, 3.05) is 6.54 Å². The standard InChI is InChI=1S/C17H19N3O2/c1-13(2)8-7-11-18-16(21)20-12-14(3)19-17(20)22-15-9-5-4-6-10-15/h4-6,9-10,12-13H,11H2,1-3H3,(H,18,21). The summed E-state index contributed by atoms with van der Waals surface area (Å²) >= 11 is 0. The lowest BCUT2D eigenvalue weighted by Crippen LogP contribution is -2.28. The zero-order valence-electron chi connectivity index (χ0n) is 13.0. The molecule has 0 radical (unpaired) electrons. The van der Waals surface area contributed by atoms with Crippen molar-refractivity contribution >= 4 is 6.03 Å². The van der Waals surface area contributed by atoms with Gasteiger partial charge in [-0.3, -0.25) is 0 Å². The number of benzene rings is 1. The van der Waals surface area contributed by atoms with E-state index in [-0.39, 0.29) is 18.0 Å². The van der Waals surface area contributed by atoms with E-state index in [9.17, 15) is 4.79 Å². The van der Waals surface area contributed by atoms with Crippen LogP contribution in [0.1, 0.15) is 19.5 Å². The second-order valence-corrected chi connectivity index (χ2v) is 5.08. The van der Waals surface area contributed by atoms with Crippen LogP contribution in [0.2, 0.25) is 0 Å². The van der Waals surface area contributed by atoms with E-state index in [0.29, 0.717) is 18.0 Å². The van der Waals surface area contributed by atoms with Gasteiger partial charge in [-0.15, -0.1) is 0 Å². The fourth-order valence-electron chi connectivity index (χ4n) is 1.75. The molecular weight excluding hydrogens is 278 g/mol. The SMILES string of the molecule is Cc1cn(C(=O)NCC#CC(C)C)c(Oc2ccccc2)n1. The largest absolute Gasteiger partial charge is 0.425 e. The molecule has 0 aliphatic heterocycles. The van der Waals surface area contributed by atoms with E-state index in [1.54, 1.807) is 25.3 Å². The summed E-state index contributed by atoms with van der Waals surface area (Å²) < 4.78 is 7.00. The van der Waals surface area contributed by atoms with Crippen LogP contribution >= 0.6 is 0 Å². The van der Waals surface area contributed by atoms with Gasteiger partial charge in [0.15, 0.2) is 0 Å². The Morgan fingerprint density at radius 1 is 1.36 bits per heavy atom. The van der Waals surface area contributed by atoms with Crippen molar-refractivity contribution in [2.45, 2.75) is 20.8 Å². The van der Waals surface area contributed by atoms with Crippen LogP contribution in [0, 0.1) is 24.7 Å². The number of hydrogen-bond donors (Lipinski definition) is 1. The first-order valence-corrected chi connectivity index (χ1v) is 7.11. The number of imidazole rings is 1. The number of aryl methyl sites for hydroxylation is 1. The predicted molar refractivity (Wildman–Crippen MR) is 84.9 cm³/mol. The third kappa shape index (κ3) is 4.38. The summed E-state index contributed by atoms with van der Waals surface area (Å²) in [6.45, 7) is 6.10. The van der Waals surface area contributed by atoms with Gasteiger partial charge in [0, 0.05) is 12.1 Å². The van der Waals surface area contributed by atoms with Crippen molar-refractivity contribution in [3.8, 4) is 23.6 Å². The third-order valence-corrected chi connectivity index (χ3v) is 2.68. The van der Waals surface area contributed by atoms with E-state index < -0.39 is 0 Å². The minimum absolute atomic E-state index is 0.234. The van der Waals surface area contributed by atoms with Gasteiger partial charge in [-0.05, 0) is 19.1 Å². The molecule has 1 amide bonds. The number of para-hydroxylation sites is 1. The Hall–Kier alpha value is -2.74. The molecule has 1 N–H and O–H groups in total. The smallest absolute Gasteiger partial charge is 0.330 e. The fourth-order valence-corrected chi connectivity index (χ4v) is 1.75. The molecule has 5 nitrogen and oxygen atoms in total. The quantitative estimate of drug-likeness (QED) is 0.885. The second kappa shape index (κ2) is 7.32. The van der Waals surface area contributed by atoms with Crippen molar-refractivity contribution in [1.29, 1.82) is 0 Å². The highest BCUT2D eigenvalue weighted by atomic mass is 16.5. The van der Waals surface area contributed by atoms with Gasteiger partial charge in [0.05, 0.1) is 12.2 Å². The molecule has 0 aliphatic rings. The molecule has 0 saturated heterocycles. The van der Waals surface area contributed by atoms with E-state index in [1.807, 2.05) is 32.0 Å². The summed E-state index contributed by atoms with van der Waals surface area (Å²) in [6.07, 6.45) is 1.63. The van der Waals surface area contributed by atoms with Crippen LogP contribution in [0.15, 0.2) is 36.5 Å². The predicted octanol–water partition coefficient (Wildman–Crippen LogP) is 3.20. The van der Waals surface area contributed by atoms with Crippen molar-refractivity contribution in [1.82, 2.24) is 14.9 Å². The molecule has 1 heterocycles. The fraction of sp³-hybridized carbons (Fsp3) is 0.294. The lowest BCUT2D eigenvalue weighted by Gasteiger charge is -2.07. The molecule has 0 saturated carbocycles. The Morgan fingerprint density at radius 3 is 2.77 bits per heavy atom. The topological polar surface area (TPSA) is 56.2 Å². The molecule has 114 valence electrons. The molecule has 1 aromatic carbocycles. The molecule has 0 atom stereocenters. The number of aromatic nitrogens is 2. The second-order valence-electron chi connectivity index (χ2n) is 5.08. The monoisotopic (exact) mass is 297 g/mol. The molecule has 0 unspecified atom stereocenters. The Balaban J connectivity index is 2.08. The summed E-state index contributed by atoms with van der Waals surface area (Å²) in [7, 11) is 0. The maximum Gasteiger partial charge on any atom is 0.330 e. The van der Waals surface area contributed by atoms with Gasteiger partial charge in [-0.1, -0.05) is 43.9 Å². The number of amides is 1. The van der Waals surface area contributed by atoms with Crippen LogP contribution in [-0.4, -0.2) is 22.1 Å². The molecule has 1 aromatic heterocycles. The minimum atomic E-state index is -0.315. The summed E-state index contributed by atoms with van der Waals surface area (Å²) in [5.41, 5.74) is 0.703. The molecule has 2 aromatic rings. The molecule has 22 heavy (non-hydrogen) atoms. The van der Waals surface area contributed by atoms with Crippen LogP contribution in [0.25, 0.3) is 0 Å². The molecule has 0 fully saturated rings. The highest BCUT2D eigenvalue weighted by Crippen LogP contribution is 2.20. The maximum atomic E-state index is 12.2. The van der Waals surface area contributed by atoms with Gasteiger partial charge in [0.25, 0.3) is 0 Å². The van der Waals surface area contributed by atoms with E-state index in [0.717, 1.165) is 0 Å².